The number of rotatable bonds is 7. The summed E-state index contributed by atoms with van der Waals surface area (Å²) in [6, 6.07) is 8.12. The van der Waals surface area contributed by atoms with Crippen LogP contribution in [0.2, 0.25) is 0 Å². The van der Waals surface area contributed by atoms with Crippen LogP contribution in [-0.4, -0.2) is 62.2 Å². The van der Waals surface area contributed by atoms with Gasteiger partial charge in [-0.1, -0.05) is 6.07 Å². The smallest absolute Gasteiger partial charge is 0.311 e. The normalized spacial score (nSPS) is 13.8. The van der Waals surface area contributed by atoms with E-state index in [1.807, 2.05) is 0 Å². The van der Waals surface area contributed by atoms with E-state index < -0.39 is 22.3 Å². The van der Waals surface area contributed by atoms with Gasteiger partial charge < -0.3 is 55.2 Å². The summed E-state index contributed by atoms with van der Waals surface area (Å²) in [5.41, 5.74) is -0.277. The van der Waals surface area contributed by atoms with Crippen LogP contribution >= 0.6 is 12.4 Å². The molecule has 1 amide bonds. The van der Waals surface area contributed by atoms with Crippen LogP contribution in [0, 0.1) is 10.1 Å². The third kappa shape index (κ3) is 8.98. The van der Waals surface area contributed by atoms with E-state index in [4.69, 9.17) is 4.98 Å². The zero-order valence-electron chi connectivity index (χ0n) is 24.6. The van der Waals surface area contributed by atoms with Crippen molar-refractivity contribution in [1.29, 1.82) is 0 Å². The Bertz CT molecular complexity index is 1370. The van der Waals surface area contributed by atoms with Crippen molar-refractivity contribution < 1.29 is 25.6 Å². The highest BCUT2D eigenvalue weighted by Gasteiger charge is 2.23. The number of phenols is 2. The number of benzene rings is 2. The van der Waals surface area contributed by atoms with Crippen LogP contribution in [0.1, 0.15) is 54.6 Å². The predicted molar refractivity (Wildman–Crippen MR) is 182 cm³/mol. The number of phenolic OH excluding ortho intramolecular Hbond substituents is 2. The Labute approximate surface area is 267 Å². The van der Waals surface area contributed by atoms with Crippen molar-refractivity contribution in [3.05, 3.63) is 52.1 Å². The molecule has 18 heteroatoms. The first-order valence-corrected chi connectivity index (χ1v) is 13.0. The van der Waals surface area contributed by atoms with Gasteiger partial charge in [0.25, 0.3) is 5.91 Å². The summed E-state index contributed by atoms with van der Waals surface area (Å²) in [6.07, 6.45) is 6.68. The van der Waals surface area contributed by atoms with Crippen molar-refractivity contribution in [2.75, 3.05) is 46.6 Å². The summed E-state index contributed by atoms with van der Waals surface area (Å²) in [7, 11) is 0. The summed E-state index contributed by atoms with van der Waals surface area (Å²) >= 11 is 0. The number of nitro benzene ring substituents is 1. The van der Waals surface area contributed by atoms with E-state index in [1.165, 1.54) is 31.0 Å². The Morgan fingerprint density at radius 3 is 1.89 bits per heavy atom. The third-order valence-electron chi connectivity index (χ3n) is 6.85. The molecule has 0 bridgehead atoms. The van der Waals surface area contributed by atoms with E-state index in [-0.39, 0.29) is 59.7 Å². The van der Waals surface area contributed by atoms with Gasteiger partial charge in [-0.15, -0.1) is 12.4 Å². The van der Waals surface area contributed by atoms with Gasteiger partial charge in [0.2, 0.25) is 23.6 Å². The van der Waals surface area contributed by atoms with Crippen LogP contribution < -0.4 is 45.0 Å². The standard InChI is InChI=1S/C26H30N8O5.ClH.4H3N.4H2/c35-21-16-17(27-23(37)18-8-7-9-20(22(18)36)34(38)39)10-11-19(21)28-24-29-25(32-12-3-1-4-13-32)31-26(30-24)33-14-5-2-6-15-33;;;;;;;;;/h7-11,16,35-36H,1-6,12-15H2,(H,27,37)(H,28,29,30,31);1H;4*1H3;4*1H. The SMILES string of the molecule is Cl.N.N.N.N.O=C(Nc1ccc(Nc2nc(N3CCCCC3)nc(N3CCCCC3)n2)c(O)c1)c1cccc([N+](=O)[O-])c1O.[HH].[HH].[HH].[HH]. The molecule has 3 aromatic rings. The molecule has 2 saturated heterocycles. The maximum Gasteiger partial charge on any atom is 0.311 e. The molecular formula is C26H51ClN12O5. The number of halogens is 1. The largest absolute Gasteiger partial charge is 0.506 e. The van der Waals surface area contributed by atoms with E-state index in [1.54, 1.807) is 12.1 Å². The van der Waals surface area contributed by atoms with Crippen LogP contribution in [0.3, 0.4) is 0 Å². The molecule has 0 radical (unpaired) electrons. The average molecular weight is 647 g/mol. The number of nitro groups is 1. The number of nitrogens with one attached hydrogen (secondary N) is 2. The zero-order chi connectivity index (χ0) is 27.4. The van der Waals surface area contributed by atoms with E-state index in [9.17, 15) is 25.1 Å². The van der Waals surface area contributed by atoms with Crippen molar-refractivity contribution in [3.8, 4) is 11.5 Å². The number of nitrogens with zero attached hydrogens (tertiary/aromatic N) is 6. The van der Waals surface area contributed by atoms with Crippen molar-refractivity contribution in [2.45, 2.75) is 38.5 Å². The molecule has 2 aromatic carbocycles. The van der Waals surface area contributed by atoms with Gasteiger partial charge in [-0.05, 0) is 56.7 Å². The lowest BCUT2D eigenvalue weighted by molar-refractivity contribution is -0.385. The molecule has 17 nitrogen and oxygen atoms in total. The quantitative estimate of drug-likeness (QED) is 0.0801. The highest BCUT2D eigenvalue weighted by molar-refractivity contribution is 6.07. The topological polar surface area (TPSA) is 310 Å². The maximum absolute atomic E-state index is 12.6. The first-order chi connectivity index (χ1) is 18.9. The minimum atomic E-state index is -0.771. The minimum absolute atomic E-state index is 0. The number of aromatic hydroxyl groups is 2. The van der Waals surface area contributed by atoms with Crippen LogP contribution in [0.5, 0.6) is 11.5 Å². The van der Waals surface area contributed by atoms with Crippen molar-refractivity contribution >= 4 is 53.2 Å². The molecule has 5 rings (SSSR count). The number of aromatic nitrogens is 3. The summed E-state index contributed by atoms with van der Waals surface area (Å²) in [4.78, 5) is 41.3. The van der Waals surface area contributed by atoms with Gasteiger partial charge in [-0.3, -0.25) is 14.9 Å². The molecule has 3 heterocycles. The lowest BCUT2D eigenvalue weighted by atomic mass is 10.1. The van der Waals surface area contributed by atoms with Crippen LogP contribution in [0.25, 0.3) is 0 Å². The van der Waals surface area contributed by atoms with Gasteiger partial charge in [0.15, 0.2) is 0 Å². The monoisotopic (exact) mass is 646 g/mol. The number of carbonyl (C=O) groups excluding carboxylic acids is 1. The summed E-state index contributed by atoms with van der Waals surface area (Å²) < 4.78 is 0. The molecular weight excluding hydrogens is 596 g/mol. The molecule has 0 aliphatic carbocycles. The third-order valence-corrected chi connectivity index (χ3v) is 6.85. The fraction of sp³-hybridized carbons (Fsp3) is 0.385. The molecule has 0 spiro atoms. The Morgan fingerprint density at radius 1 is 0.841 bits per heavy atom. The van der Waals surface area contributed by atoms with Crippen LogP contribution in [0.15, 0.2) is 36.4 Å². The summed E-state index contributed by atoms with van der Waals surface area (Å²) in [5, 5.41) is 37.5. The summed E-state index contributed by atoms with van der Waals surface area (Å²) in [6.45, 7) is 3.51. The van der Waals surface area contributed by atoms with Gasteiger partial charge in [0, 0.05) is 49.7 Å². The highest BCUT2D eigenvalue weighted by atomic mass is 35.5. The van der Waals surface area contributed by atoms with Gasteiger partial charge >= 0.3 is 5.69 Å². The molecule has 16 N–H and O–H groups in total. The second-order valence-electron chi connectivity index (χ2n) is 9.60. The number of hydrogen-bond donors (Lipinski definition) is 8. The fourth-order valence-corrected chi connectivity index (χ4v) is 4.78. The number of para-hydroxylation sites is 1. The van der Waals surface area contributed by atoms with Gasteiger partial charge in [-0.2, -0.15) is 15.0 Å². The number of amides is 1. The molecule has 2 aliphatic rings. The van der Waals surface area contributed by atoms with E-state index in [0.29, 0.717) is 23.5 Å². The van der Waals surface area contributed by atoms with Crippen molar-refractivity contribution in [2.24, 2.45) is 0 Å². The van der Waals surface area contributed by atoms with E-state index in [2.05, 4.69) is 30.4 Å². The molecule has 44 heavy (non-hydrogen) atoms. The highest BCUT2D eigenvalue weighted by Crippen LogP contribution is 2.32. The first kappa shape index (κ1) is 39.5. The number of anilines is 5. The van der Waals surface area contributed by atoms with Gasteiger partial charge in [0.05, 0.1) is 16.2 Å². The van der Waals surface area contributed by atoms with E-state index >= 15 is 0 Å². The Morgan fingerprint density at radius 2 is 1.39 bits per heavy atom. The Balaban J connectivity index is -0.000000685. The molecule has 2 aliphatic heterocycles. The lowest BCUT2D eigenvalue weighted by Gasteiger charge is -2.30. The fourth-order valence-electron chi connectivity index (χ4n) is 4.78. The molecule has 0 unspecified atom stereocenters. The Hall–Kier alpha value is -4.55. The van der Waals surface area contributed by atoms with Crippen molar-refractivity contribution in [1.82, 2.24) is 39.6 Å². The summed E-state index contributed by atoms with van der Waals surface area (Å²) in [5.74, 6) is -0.145. The van der Waals surface area contributed by atoms with Crippen molar-refractivity contribution in [3.63, 3.8) is 0 Å². The first-order valence-electron chi connectivity index (χ1n) is 13.0. The number of carbonyl (C=O) groups is 1. The molecule has 2 fully saturated rings. The second-order valence-corrected chi connectivity index (χ2v) is 9.60. The van der Waals surface area contributed by atoms with E-state index in [0.717, 1.165) is 57.9 Å². The zero-order valence-corrected chi connectivity index (χ0v) is 25.4. The predicted octanol–water partition coefficient (Wildman–Crippen LogP) is 6.22. The average Bonchev–Trinajstić information content (AvgIpc) is 2.95. The number of piperidine rings is 2. The minimum Gasteiger partial charge on any atom is -0.506 e. The Kier molecular flexibility index (Phi) is 15.7. The number of hydrogen-bond acceptors (Lipinski definition) is 15. The van der Waals surface area contributed by atoms with Gasteiger partial charge in [0.1, 0.15) is 5.75 Å². The molecule has 252 valence electrons. The molecule has 0 saturated carbocycles. The molecule has 0 atom stereocenters. The van der Waals surface area contributed by atoms with Gasteiger partial charge in [-0.25, -0.2) is 0 Å². The van der Waals surface area contributed by atoms with Crippen LogP contribution in [0.4, 0.5) is 34.9 Å². The maximum atomic E-state index is 12.6. The van der Waals surface area contributed by atoms with Crippen LogP contribution in [-0.2, 0) is 0 Å². The second kappa shape index (κ2) is 17.5. The lowest BCUT2D eigenvalue weighted by Crippen LogP contribution is -2.34. The molecule has 1 aromatic heterocycles.